The summed E-state index contributed by atoms with van der Waals surface area (Å²) in [4.78, 5) is 0. The van der Waals surface area contributed by atoms with Gasteiger partial charge in [0.25, 0.3) is 0 Å². The van der Waals surface area contributed by atoms with E-state index in [4.69, 9.17) is 0 Å². The van der Waals surface area contributed by atoms with E-state index >= 15 is 0 Å². The first kappa shape index (κ1) is 27.0. The number of hydrogen-bond acceptors (Lipinski definition) is 1. The maximum atomic E-state index is 14.0. The van der Waals surface area contributed by atoms with Gasteiger partial charge in [0.1, 0.15) is 0 Å². The molecule has 0 N–H and O–H groups in total. The maximum absolute atomic E-state index is 14.0. The molecule has 0 aliphatic heterocycles. The Morgan fingerprint density at radius 3 is 2.00 bits per heavy atom. The standard InChI is InChI=1S/C28H39F5O/c1-2-3-4-7-20-10-12-21(13-11-20)8-5-6-9-22-14-16-23(17-15-22)24-18-25(29)27(26(30)19-24)34-28(31,32)33/h6,9,18-23H,2-5,7-8,10-17H2,1H3/b9-6+. The lowest BCUT2D eigenvalue weighted by molar-refractivity contribution is -0.276. The van der Waals surface area contributed by atoms with Crippen LogP contribution < -0.4 is 4.74 Å². The van der Waals surface area contributed by atoms with Crippen molar-refractivity contribution < 1.29 is 26.7 Å². The molecule has 6 heteroatoms. The summed E-state index contributed by atoms with van der Waals surface area (Å²) in [6, 6.07) is 1.98. The van der Waals surface area contributed by atoms with Gasteiger partial charge in [0.15, 0.2) is 11.6 Å². The van der Waals surface area contributed by atoms with Crippen molar-refractivity contribution in [3.05, 3.63) is 41.5 Å². The van der Waals surface area contributed by atoms with Gasteiger partial charge in [-0.3, -0.25) is 0 Å². The Labute approximate surface area is 201 Å². The zero-order chi connectivity index (χ0) is 24.6. The van der Waals surface area contributed by atoms with Crippen LogP contribution in [0.15, 0.2) is 24.3 Å². The monoisotopic (exact) mass is 486 g/mol. The van der Waals surface area contributed by atoms with Gasteiger partial charge in [-0.15, -0.1) is 13.2 Å². The number of allylic oxidation sites excluding steroid dienone is 2. The van der Waals surface area contributed by atoms with Gasteiger partial charge in [-0.25, -0.2) is 8.78 Å². The van der Waals surface area contributed by atoms with Crippen LogP contribution in [-0.2, 0) is 0 Å². The highest BCUT2D eigenvalue weighted by atomic mass is 19.4. The van der Waals surface area contributed by atoms with Gasteiger partial charge in [-0.1, -0.05) is 70.4 Å². The van der Waals surface area contributed by atoms with E-state index in [9.17, 15) is 22.0 Å². The molecule has 1 aromatic rings. The molecule has 2 aliphatic rings. The average Bonchev–Trinajstić information content (AvgIpc) is 2.80. The number of hydrogen-bond donors (Lipinski definition) is 0. The highest BCUT2D eigenvalue weighted by molar-refractivity contribution is 5.33. The van der Waals surface area contributed by atoms with Crippen molar-refractivity contribution in [1.82, 2.24) is 0 Å². The van der Waals surface area contributed by atoms with Gasteiger partial charge >= 0.3 is 6.36 Å². The second kappa shape index (κ2) is 12.9. The minimum atomic E-state index is -5.12. The normalized spacial score (nSPS) is 26.2. The third-order valence-electron chi connectivity index (χ3n) is 7.81. The van der Waals surface area contributed by atoms with Crippen LogP contribution >= 0.6 is 0 Å². The zero-order valence-corrected chi connectivity index (χ0v) is 20.3. The topological polar surface area (TPSA) is 9.23 Å². The van der Waals surface area contributed by atoms with E-state index in [0.717, 1.165) is 56.1 Å². The molecule has 0 bridgehead atoms. The molecule has 2 fully saturated rings. The Morgan fingerprint density at radius 2 is 1.44 bits per heavy atom. The largest absolute Gasteiger partial charge is 0.573 e. The molecular formula is C28H39F5O. The molecule has 0 saturated heterocycles. The summed E-state index contributed by atoms with van der Waals surface area (Å²) in [6.45, 7) is 2.26. The van der Waals surface area contributed by atoms with Crippen LogP contribution in [0.3, 0.4) is 0 Å². The van der Waals surface area contributed by atoms with Crippen LogP contribution in [0, 0.1) is 29.4 Å². The quantitative estimate of drug-likeness (QED) is 0.182. The fraction of sp³-hybridized carbons (Fsp3) is 0.714. The Hall–Kier alpha value is -1.59. The number of ether oxygens (including phenoxy) is 1. The van der Waals surface area contributed by atoms with Gasteiger partial charge in [0, 0.05) is 0 Å². The molecule has 34 heavy (non-hydrogen) atoms. The Balaban J connectivity index is 1.37. The number of halogens is 5. The third kappa shape index (κ3) is 8.57. The van der Waals surface area contributed by atoms with Gasteiger partial charge < -0.3 is 4.74 Å². The summed E-state index contributed by atoms with van der Waals surface area (Å²) < 4.78 is 68.6. The van der Waals surface area contributed by atoms with E-state index in [0.29, 0.717) is 11.5 Å². The summed E-state index contributed by atoms with van der Waals surface area (Å²) in [5.41, 5.74) is 0.414. The van der Waals surface area contributed by atoms with Crippen LogP contribution in [0.25, 0.3) is 0 Å². The summed E-state index contributed by atoms with van der Waals surface area (Å²) in [7, 11) is 0. The van der Waals surface area contributed by atoms with Crippen LogP contribution in [0.2, 0.25) is 0 Å². The lowest BCUT2D eigenvalue weighted by Gasteiger charge is -2.28. The SMILES string of the molecule is CCCCCC1CCC(CC/C=C/C2CCC(c3cc(F)c(OC(F)(F)F)c(F)c3)CC2)CC1. The fourth-order valence-corrected chi connectivity index (χ4v) is 5.79. The molecule has 0 amide bonds. The first-order valence-corrected chi connectivity index (χ1v) is 13.2. The Kier molecular flexibility index (Phi) is 10.3. The fourth-order valence-electron chi connectivity index (χ4n) is 5.79. The minimum Gasteiger partial charge on any atom is -0.399 e. The Morgan fingerprint density at radius 1 is 0.853 bits per heavy atom. The molecule has 192 valence electrons. The van der Waals surface area contributed by atoms with Crippen molar-refractivity contribution in [3.8, 4) is 5.75 Å². The zero-order valence-electron chi connectivity index (χ0n) is 20.3. The molecule has 2 saturated carbocycles. The highest BCUT2D eigenvalue weighted by Gasteiger charge is 2.34. The van der Waals surface area contributed by atoms with Gasteiger partial charge in [0.05, 0.1) is 0 Å². The van der Waals surface area contributed by atoms with E-state index in [1.807, 2.05) is 0 Å². The van der Waals surface area contributed by atoms with Gasteiger partial charge in [0.2, 0.25) is 5.75 Å². The van der Waals surface area contributed by atoms with Crippen molar-refractivity contribution >= 4 is 0 Å². The third-order valence-corrected chi connectivity index (χ3v) is 7.81. The van der Waals surface area contributed by atoms with Crippen LogP contribution in [0.4, 0.5) is 22.0 Å². The number of unbranched alkanes of at least 4 members (excludes halogenated alkanes) is 2. The van der Waals surface area contributed by atoms with E-state index in [2.05, 4.69) is 23.8 Å². The van der Waals surface area contributed by atoms with Crippen LogP contribution in [0.1, 0.15) is 108 Å². The molecular weight excluding hydrogens is 447 g/mol. The number of rotatable bonds is 10. The molecule has 0 heterocycles. The minimum absolute atomic E-state index is 0.0407. The summed E-state index contributed by atoms with van der Waals surface area (Å²) >= 11 is 0. The van der Waals surface area contributed by atoms with Crippen molar-refractivity contribution in [2.75, 3.05) is 0 Å². The lowest BCUT2D eigenvalue weighted by atomic mass is 9.77. The summed E-state index contributed by atoms with van der Waals surface area (Å²) in [6.07, 6.45) is 16.2. The van der Waals surface area contributed by atoms with Crippen LogP contribution in [-0.4, -0.2) is 6.36 Å². The first-order chi connectivity index (χ1) is 16.2. The highest BCUT2D eigenvalue weighted by Crippen LogP contribution is 2.39. The summed E-state index contributed by atoms with van der Waals surface area (Å²) in [5, 5.41) is 0. The first-order valence-electron chi connectivity index (χ1n) is 13.2. The van der Waals surface area contributed by atoms with E-state index in [-0.39, 0.29) is 5.92 Å². The molecule has 0 atom stereocenters. The van der Waals surface area contributed by atoms with Gasteiger partial charge in [-0.2, -0.15) is 0 Å². The predicted octanol–water partition coefficient (Wildman–Crippen LogP) is 9.86. The average molecular weight is 487 g/mol. The molecule has 0 unspecified atom stereocenters. The molecule has 3 rings (SSSR count). The molecule has 0 aromatic heterocycles. The predicted molar refractivity (Wildman–Crippen MR) is 126 cm³/mol. The number of benzene rings is 1. The van der Waals surface area contributed by atoms with E-state index in [1.54, 1.807) is 0 Å². The summed E-state index contributed by atoms with van der Waals surface area (Å²) in [5.74, 6) is -1.75. The molecule has 0 radical (unpaired) electrons. The van der Waals surface area contributed by atoms with Crippen molar-refractivity contribution in [2.24, 2.45) is 17.8 Å². The molecule has 0 spiro atoms. The van der Waals surface area contributed by atoms with Gasteiger partial charge in [-0.05, 0) is 79.9 Å². The van der Waals surface area contributed by atoms with Crippen molar-refractivity contribution in [1.29, 1.82) is 0 Å². The van der Waals surface area contributed by atoms with Crippen molar-refractivity contribution in [2.45, 2.75) is 109 Å². The van der Waals surface area contributed by atoms with E-state index < -0.39 is 23.7 Å². The molecule has 1 aromatic carbocycles. The Bertz CT molecular complexity index is 748. The lowest BCUT2D eigenvalue weighted by Crippen LogP contribution is -2.19. The van der Waals surface area contributed by atoms with E-state index in [1.165, 1.54) is 57.8 Å². The molecule has 2 aliphatic carbocycles. The second-order valence-corrected chi connectivity index (χ2v) is 10.4. The molecule has 1 nitrogen and oxygen atoms in total. The second-order valence-electron chi connectivity index (χ2n) is 10.4. The van der Waals surface area contributed by atoms with Crippen LogP contribution in [0.5, 0.6) is 5.75 Å². The van der Waals surface area contributed by atoms with Crippen molar-refractivity contribution in [3.63, 3.8) is 0 Å². The smallest absolute Gasteiger partial charge is 0.399 e. The maximum Gasteiger partial charge on any atom is 0.573 e. The number of alkyl halides is 3.